The third-order valence-corrected chi connectivity index (χ3v) is 8.68. The van der Waals surface area contributed by atoms with Crippen LogP contribution in [0.25, 0.3) is 6.08 Å². The van der Waals surface area contributed by atoms with Gasteiger partial charge in [-0.1, -0.05) is 47.6 Å². The summed E-state index contributed by atoms with van der Waals surface area (Å²) in [4.78, 5) is 34.3. The highest BCUT2D eigenvalue weighted by Gasteiger charge is 2.32. The van der Waals surface area contributed by atoms with Gasteiger partial charge in [0, 0.05) is 41.8 Å². The number of benzene rings is 3. The molecule has 2 heterocycles. The molecule has 0 unspecified atom stereocenters. The maximum atomic E-state index is 13.6. The van der Waals surface area contributed by atoms with E-state index in [0.717, 1.165) is 37.6 Å². The number of hydrogen-bond acceptors (Lipinski definition) is 5. The zero-order chi connectivity index (χ0) is 26.8. The van der Waals surface area contributed by atoms with Crippen LogP contribution in [0.5, 0.6) is 5.75 Å². The second-order valence-corrected chi connectivity index (χ2v) is 11.5. The van der Waals surface area contributed by atoms with E-state index in [1.807, 2.05) is 71.6 Å². The highest BCUT2D eigenvalue weighted by Crippen LogP contribution is 2.42. The molecule has 9 heteroatoms. The summed E-state index contributed by atoms with van der Waals surface area (Å²) in [6, 6.07) is 19.3. The van der Waals surface area contributed by atoms with E-state index in [-0.39, 0.29) is 18.4 Å². The Bertz CT molecular complexity index is 1420. The van der Waals surface area contributed by atoms with Crippen LogP contribution >= 0.6 is 39.3 Å². The van der Waals surface area contributed by atoms with E-state index in [1.165, 1.54) is 11.8 Å². The van der Waals surface area contributed by atoms with Crippen molar-refractivity contribution >= 4 is 68.6 Å². The molecule has 38 heavy (non-hydrogen) atoms. The molecule has 0 bridgehead atoms. The highest BCUT2D eigenvalue weighted by atomic mass is 79.9. The fourth-order valence-electron chi connectivity index (χ4n) is 4.70. The Labute approximate surface area is 240 Å². The molecular weight excluding hydrogens is 586 g/mol. The first kappa shape index (κ1) is 26.7. The van der Waals surface area contributed by atoms with Gasteiger partial charge in [-0.2, -0.15) is 0 Å². The first-order chi connectivity index (χ1) is 18.3. The van der Waals surface area contributed by atoms with Gasteiger partial charge in [-0.05, 0) is 76.5 Å². The van der Waals surface area contributed by atoms with Gasteiger partial charge in [0.1, 0.15) is 12.3 Å². The Kier molecular flexibility index (Phi) is 8.02. The number of fused-ring (bicyclic) bond motifs is 1. The lowest BCUT2D eigenvalue weighted by atomic mass is 10.1. The number of halogens is 2. The molecule has 0 atom stereocenters. The predicted molar refractivity (Wildman–Crippen MR) is 158 cm³/mol. The maximum absolute atomic E-state index is 13.6. The molecule has 2 aliphatic rings. The molecule has 2 aliphatic heterocycles. The van der Waals surface area contributed by atoms with Gasteiger partial charge in [-0.15, -0.1) is 0 Å². The van der Waals surface area contributed by atoms with Crippen LogP contribution in [-0.4, -0.2) is 56.5 Å². The topological polar surface area (TPSA) is 53.1 Å². The second kappa shape index (κ2) is 11.4. The van der Waals surface area contributed by atoms with Crippen molar-refractivity contribution in [3.05, 3.63) is 86.2 Å². The number of ether oxygens (including phenoxy) is 1. The molecule has 6 nitrogen and oxygen atoms in total. The average molecular weight is 613 g/mol. The fraction of sp³-hybridized carbons (Fsp3) is 0.241. The largest absolute Gasteiger partial charge is 0.496 e. The minimum absolute atomic E-state index is 0.00372. The number of carbonyl (C=O) groups is 2. The molecule has 3 aromatic carbocycles. The van der Waals surface area contributed by atoms with Gasteiger partial charge in [0.05, 0.1) is 22.2 Å². The van der Waals surface area contributed by atoms with Gasteiger partial charge in [0.25, 0.3) is 5.91 Å². The van der Waals surface area contributed by atoms with Crippen molar-refractivity contribution in [2.24, 2.45) is 0 Å². The van der Waals surface area contributed by atoms with Crippen molar-refractivity contribution in [3.63, 3.8) is 0 Å². The summed E-state index contributed by atoms with van der Waals surface area (Å²) in [6.45, 7) is 4.67. The Morgan fingerprint density at radius 1 is 1.05 bits per heavy atom. The number of rotatable bonds is 5. The lowest BCUT2D eigenvalue weighted by Gasteiger charge is -2.38. The van der Waals surface area contributed by atoms with Crippen molar-refractivity contribution in [2.75, 3.05) is 49.6 Å². The van der Waals surface area contributed by atoms with E-state index < -0.39 is 0 Å². The molecular formula is C29H27BrClN3O3S. The molecule has 196 valence electrons. The molecule has 1 fully saturated rings. The second-order valence-electron chi connectivity index (χ2n) is 9.16. The van der Waals surface area contributed by atoms with Crippen molar-refractivity contribution in [1.82, 2.24) is 4.90 Å². The lowest BCUT2D eigenvalue weighted by molar-refractivity contribution is -0.131. The number of carbonyl (C=O) groups excluding carboxylic acids is 2. The predicted octanol–water partition coefficient (Wildman–Crippen LogP) is 6.25. The van der Waals surface area contributed by atoms with E-state index >= 15 is 0 Å². The molecule has 0 saturated carbocycles. The summed E-state index contributed by atoms with van der Waals surface area (Å²) < 4.78 is 6.13. The van der Waals surface area contributed by atoms with Crippen LogP contribution < -0.4 is 14.5 Å². The van der Waals surface area contributed by atoms with Gasteiger partial charge in [0.15, 0.2) is 0 Å². The number of thioether (sulfide) groups is 1. The van der Waals surface area contributed by atoms with Crippen molar-refractivity contribution in [1.29, 1.82) is 0 Å². The summed E-state index contributed by atoms with van der Waals surface area (Å²) in [6.07, 6.45) is 1.86. The average Bonchev–Trinajstić information content (AvgIpc) is 2.92. The molecule has 0 aromatic heterocycles. The number of aryl methyl sites for hydroxylation is 1. The SMILES string of the molecule is COc1ccc(/C=C2/Sc3ccccc3N(CC(=O)N3CCN(c4cc(Cl)ccc4C)CC3)C2=O)cc1Br. The van der Waals surface area contributed by atoms with Crippen molar-refractivity contribution in [3.8, 4) is 5.75 Å². The minimum Gasteiger partial charge on any atom is -0.496 e. The Balaban J connectivity index is 1.33. The Morgan fingerprint density at radius 2 is 1.82 bits per heavy atom. The van der Waals surface area contributed by atoms with Crippen LogP contribution in [0.1, 0.15) is 11.1 Å². The van der Waals surface area contributed by atoms with Crippen LogP contribution in [0.15, 0.2) is 74.9 Å². The molecule has 3 aromatic rings. The summed E-state index contributed by atoms with van der Waals surface area (Å²) >= 11 is 11.2. The summed E-state index contributed by atoms with van der Waals surface area (Å²) in [7, 11) is 1.61. The first-order valence-corrected chi connectivity index (χ1v) is 14.3. The van der Waals surface area contributed by atoms with Gasteiger partial charge >= 0.3 is 0 Å². The van der Waals surface area contributed by atoms with Crippen LogP contribution in [0.2, 0.25) is 5.02 Å². The minimum atomic E-state index is -0.179. The smallest absolute Gasteiger partial charge is 0.265 e. The Morgan fingerprint density at radius 3 is 2.55 bits per heavy atom. The zero-order valence-electron chi connectivity index (χ0n) is 21.1. The van der Waals surface area contributed by atoms with Crippen LogP contribution in [0.3, 0.4) is 0 Å². The van der Waals surface area contributed by atoms with E-state index in [4.69, 9.17) is 16.3 Å². The number of anilines is 2. The standard InChI is InChI=1S/C29H27BrClN3O3S/c1-19-7-9-21(31)17-24(19)32-11-13-33(14-12-32)28(35)18-34-23-5-3-4-6-26(23)38-27(29(34)36)16-20-8-10-25(37-2)22(30)15-20/h3-10,15-17H,11-14,18H2,1-2H3/b27-16+. The normalized spacial score (nSPS) is 16.6. The van der Waals surface area contributed by atoms with E-state index in [1.54, 1.807) is 12.0 Å². The van der Waals surface area contributed by atoms with Gasteiger partial charge in [0.2, 0.25) is 5.91 Å². The summed E-state index contributed by atoms with van der Waals surface area (Å²) in [5, 5.41) is 0.704. The molecule has 0 aliphatic carbocycles. The first-order valence-electron chi connectivity index (χ1n) is 12.3. The monoisotopic (exact) mass is 611 g/mol. The third-order valence-electron chi connectivity index (χ3n) is 6.74. The van der Waals surface area contributed by atoms with Crippen LogP contribution in [0.4, 0.5) is 11.4 Å². The number of amides is 2. The molecule has 0 N–H and O–H groups in total. The summed E-state index contributed by atoms with van der Waals surface area (Å²) in [5.41, 5.74) is 3.89. The third kappa shape index (κ3) is 5.58. The lowest BCUT2D eigenvalue weighted by Crippen LogP contribution is -2.52. The maximum Gasteiger partial charge on any atom is 0.265 e. The molecule has 5 rings (SSSR count). The number of piperazine rings is 1. The van der Waals surface area contributed by atoms with Crippen molar-refractivity contribution in [2.45, 2.75) is 11.8 Å². The zero-order valence-corrected chi connectivity index (χ0v) is 24.3. The molecule has 0 radical (unpaired) electrons. The van der Waals surface area contributed by atoms with Crippen LogP contribution in [-0.2, 0) is 9.59 Å². The molecule has 0 spiro atoms. The van der Waals surface area contributed by atoms with Crippen LogP contribution in [0, 0.1) is 6.92 Å². The summed E-state index contributed by atoms with van der Waals surface area (Å²) in [5.74, 6) is 0.481. The van der Waals surface area contributed by atoms with Gasteiger partial charge in [-0.3, -0.25) is 14.5 Å². The van der Waals surface area contributed by atoms with E-state index in [9.17, 15) is 9.59 Å². The number of methoxy groups -OCH3 is 1. The molecule has 2 amide bonds. The molecule has 1 saturated heterocycles. The number of para-hydroxylation sites is 1. The fourth-order valence-corrected chi connectivity index (χ4v) is 6.48. The van der Waals surface area contributed by atoms with E-state index in [2.05, 4.69) is 27.8 Å². The number of hydrogen-bond donors (Lipinski definition) is 0. The van der Waals surface area contributed by atoms with Crippen molar-refractivity contribution < 1.29 is 14.3 Å². The number of nitrogens with zero attached hydrogens (tertiary/aromatic N) is 3. The Hall–Kier alpha value is -2.94. The quantitative estimate of drug-likeness (QED) is 0.319. The van der Waals surface area contributed by atoms with Gasteiger partial charge < -0.3 is 14.5 Å². The van der Waals surface area contributed by atoms with E-state index in [0.29, 0.717) is 36.1 Å². The van der Waals surface area contributed by atoms with Gasteiger partial charge in [-0.25, -0.2) is 0 Å². The highest BCUT2D eigenvalue weighted by molar-refractivity contribution is 9.10.